The molecule has 4 atom stereocenters. The average Bonchev–Trinajstić information content (AvgIpc) is 2.38. The SMILES string of the molecule is NC1CCCC(N)(C(=O)N[PH](=O)[C@H]2CCCNC2=O)C1. The molecule has 8 heteroatoms. The molecule has 20 heavy (non-hydrogen) atoms. The Morgan fingerprint density at radius 1 is 1.40 bits per heavy atom. The molecule has 1 heterocycles. The number of hydrogen-bond acceptors (Lipinski definition) is 5. The molecule has 1 saturated heterocycles. The lowest BCUT2D eigenvalue weighted by molar-refractivity contribution is -0.125. The fourth-order valence-corrected chi connectivity index (χ4v) is 4.36. The average molecular weight is 302 g/mol. The van der Waals surface area contributed by atoms with Gasteiger partial charge in [-0.15, -0.1) is 0 Å². The maximum atomic E-state index is 12.2. The van der Waals surface area contributed by atoms with Gasteiger partial charge in [-0.25, -0.2) is 0 Å². The molecule has 2 amide bonds. The van der Waals surface area contributed by atoms with Gasteiger partial charge in [-0.2, -0.15) is 0 Å². The highest BCUT2D eigenvalue weighted by Gasteiger charge is 2.40. The van der Waals surface area contributed by atoms with Crippen molar-refractivity contribution in [2.75, 3.05) is 6.54 Å². The minimum absolute atomic E-state index is 0.0974. The van der Waals surface area contributed by atoms with Gasteiger partial charge in [-0.05, 0) is 38.5 Å². The molecule has 0 aromatic rings. The van der Waals surface area contributed by atoms with Crippen molar-refractivity contribution in [2.45, 2.75) is 55.8 Å². The van der Waals surface area contributed by atoms with E-state index in [4.69, 9.17) is 11.5 Å². The van der Waals surface area contributed by atoms with Gasteiger partial charge in [-0.3, -0.25) is 9.59 Å². The molecule has 3 unspecified atom stereocenters. The van der Waals surface area contributed by atoms with Crippen LogP contribution in [0, 0.1) is 0 Å². The van der Waals surface area contributed by atoms with E-state index in [1.807, 2.05) is 0 Å². The molecule has 114 valence electrons. The Balaban J connectivity index is 1.96. The molecule has 0 bridgehead atoms. The monoisotopic (exact) mass is 302 g/mol. The Labute approximate surface area is 119 Å². The molecule has 2 aliphatic rings. The number of carbonyl (C=O) groups excluding carboxylic acids is 2. The first-order valence-electron chi connectivity index (χ1n) is 7.10. The molecule has 1 aliphatic carbocycles. The standard InChI is InChI=1S/C12H23N4O3P/c13-8-3-1-5-12(14,7-8)11(18)16-20(19)9-4-2-6-15-10(9)17/h8-9,20H,1-7,13-14H2,(H,15,17)(H,16,18,19)/t8?,9-,12?/m0/s1. The molecule has 1 aliphatic heterocycles. The summed E-state index contributed by atoms with van der Waals surface area (Å²) in [5, 5.41) is 5.14. The first-order valence-corrected chi connectivity index (χ1v) is 8.58. The number of carbonyl (C=O) groups is 2. The maximum Gasteiger partial charge on any atom is 0.245 e. The second-order valence-corrected chi connectivity index (χ2v) is 7.49. The number of piperidine rings is 1. The molecule has 7 nitrogen and oxygen atoms in total. The van der Waals surface area contributed by atoms with Crippen molar-refractivity contribution in [3.05, 3.63) is 0 Å². The van der Waals surface area contributed by atoms with Crippen molar-refractivity contribution < 1.29 is 14.2 Å². The van der Waals surface area contributed by atoms with Gasteiger partial charge in [0, 0.05) is 12.6 Å². The highest BCUT2D eigenvalue weighted by molar-refractivity contribution is 7.45. The summed E-state index contributed by atoms with van der Waals surface area (Å²) in [5.74, 6) is -0.679. The Hall–Kier alpha value is -0.910. The molecule has 6 N–H and O–H groups in total. The first-order chi connectivity index (χ1) is 9.42. The zero-order valence-corrected chi connectivity index (χ0v) is 12.5. The molecule has 0 spiro atoms. The molecular weight excluding hydrogens is 279 g/mol. The van der Waals surface area contributed by atoms with Gasteiger partial charge in [0.05, 0.1) is 5.54 Å². The van der Waals surface area contributed by atoms with E-state index >= 15 is 0 Å². The van der Waals surface area contributed by atoms with Crippen LogP contribution in [0.2, 0.25) is 0 Å². The smallest absolute Gasteiger partial charge is 0.245 e. The van der Waals surface area contributed by atoms with Gasteiger partial charge >= 0.3 is 0 Å². The summed E-state index contributed by atoms with van der Waals surface area (Å²) in [6, 6.07) is -0.0974. The van der Waals surface area contributed by atoms with E-state index in [2.05, 4.69) is 10.4 Å². The number of hydrogen-bond donors (Lipinski definition) is 4. The lowest BCUT2D eigenvalue weighted by Crippen LogP contribution is -2.57. The van der Waals surface area contributed by atoms with Crippen molar-refractivity contribution in [1.82, 2.24) is 10.4 Å². The van der Waals surface area contributed by atoms with Gasteiger partial charge in [0.15, 0.2) is 7.95 Å². The van der Waals surface area contributed by atoms with Gasteiger partial charge in [0.2, 0.25) is 11.8 Å². The molecule has 1 saturated carbocycles. The fourth-order valence-electron chi connectivity index (χ4n) is 2.90. The summed E-state index contributed by atoms with van der Waals surface area (Å²) < 4.78 is 12.2. The van der Waals surface area contributed by atoms with Crippen molar-refractivity contribution in [1.29, 1.82) is 0 Å². The summed E-state index contributed by atoms with van der Waals surface area (Å²) in [7, 11) is -2.52. The van der Waals surface area contributed by atoms with Crippen LogP contribution in [0.3, 0.4) is 0 Å². The van der Waals surface area contributed by atoms with Crippen molar-refractivity contribution in [3.63, 3.8) is 0 Å². The topological polar surface area (TPSA) is 127 Å². The third kappa shape index (κ3) is 3.40. The predicted octanol–water partition coefficient (Wildman–Crippen LogP) is -0.545. The molecular formula is C12H23N4O3P. The molecule has 2 rings (SSSR count). The molecule has 0 aromatic carbocycles. The van der Waals surface area contributed by atoms with Crippen LogP contribution in [0.4, 0.5) is 0 Å². The van der Waals surface area contributed by atoms with E-state index < -0.39 is 25.1 Å². The molecule has 0 radical (unpaired) electrons. The van der Waals surface area contributed by atoms with Gasteiger partial charge in [-0.1, -0.05) is 0 Å². The normalized spacial score (nSPS) is 36.0. The summed E-state index contributed by atoms with van der Waals surface area (Å²) in [4.78, 5) is 23.9. The van der Waals surface area contributed by atoms with Gasteiger partial charge in [0.1, 0.15) is 5.66 Å². The number of nitrogens with two attached hydrogens (primary N) is 2. The largest absolute Gasteiger partial charge is 0.355 e. The van der Waals surface area contributed by atoms with Crippen LogP contribution in [-0.4, -0.2) is 35.6 Å². The Morgan fingerprint density at radius 2 is 2.15 bits per heavy atom. The number of amides is 2. The van der Waals surface area contributed by atoms with E-state index in [0.29, 0.717) is 25.8 Å². The first kappa shape index (κ1) is 15.5. The summed E-state index contributed by atoms with van der Waals surface area (Å²) in [6.45, 7) is 0.605. The summed E-state index contributed by atoms with van der Waals surface area (Å²) in [6.07, 6.45) is 3.90. The Morgan fingerprint density at radius 3 is 2.80 bits per heavy atom. The Bertz CT molecular complexity index is 431. The quantitative estimate of drug-likeness (QED) is 0.520. The van der Waals surface area contributed by atoms with Crippen LogP contribution in [0.5, 0.6) is 0 Å². The molecule has 0 aromatic heterocycles. The second kappa shape index (κ2) is 6.24. The highest BCUT2D eigenvalue weighted by Crippen LogP contribution is 2.32. The third-order valence-electron chi connectivity index (χ3n) is 4.11. The number of nitrogens with one attached hydrogen (secondary N) is 2. The lowest BCUT2D eigenvalue weighted by atomic mass is 9.79. The summed E-state index contributed by atoms with van der Waals surface area (Å²) >= 11 is 0. The van der Waals surface area contributed by atoms with Crippen LogP contribution < -0.4 is 21.9 Å². The fraction of sp³-hybridized carbons (Fsp3) is 0.833. The minimum atomic E-state index is -2.52. The van der Waals surface area contributed by atoms with E-state index in [0.717, 1.165) is 19.3 Å². The second-order valence-electron chi connectivity index (χ2n) is 5.82. The van der Waals surface area contributed by atoms with Crippen LogP contribution in [0.1, 0.15) is 38.5 Å². The number of rotatable bonds is 3. The van der Waals surface area contributed by atoms with E-state index in [1.165, 1.54) is 0 Å². The van der Waals surface area contributed by atoms with Crippen molar-refractivity contribution >= 4 is 19.8 Å². The maximum absolute atomic E-state index is 12.2. The molecule has 2 fully saturated rings. The zero-order chi connectivity index (χ0) is 14.8. The van der Waals surface area contributed by atoms with Gasteiger partial charge < -0.3 is 26.4 Å². The Kier molecular flexibility index (Phi) is 4.83. The zero-order valence-electron chi connectivity index (χ0n) is 11.5. The van der Waals surface area contributed by atoms with Crippen molar-refractivity contribution in [2.24, 2.45) is 11.5 Å². The van der Waals surface area contributed by atoms with Crippen LogP contribution in [-0.2, 0) is 14.2 Å². The van der Waals surface area contributed by atoms with Gasteiger partial charge in [0.25, 0.3) is 0 Å². The van der Waals surface area contributed by atoms with E-state index in [1.54, 1.807) is 0 Å². The van der Waals surface area contributed by atoms with Crippen LogP contribution >= 0.6 is 7.95 Å². The van der Waals surface area contributed by atoms with E-state index in [9.17, 15) is 14.2 Å². The van der Waals surface area contributed by atoms with Crippen LogP contribution in [0.25, 0.3) is 0 Å². The minimum Gasteiger partial charge on any atom is -0.355 e. The highest BCUT2D eigenvalue weighted by atomic mass is 31.1. The van der Waals surface area contributed by atoms with E-state index in [-0.39, 0.29) is 11.9 Å². The van der Waals surface area contributed by atoms with Crippen LogP contribution in [0.15, 0.2) is 0 Å². The third-order valence-corrected chi connectivity index (χ3v) is 5.77. The summed E-state index contributed by atoms with van der Waals surface area (Å²) in [5.41, 5.74) is 10.3. The lowest BCUT2D eigenvalue weighted by Gasteiger charge is -2.35. The van der Waals surface area contributed by atoms with Crippen molar-refractivity contribution in [3.8, 4) is 0 Å². The predicted molar refractivity (Wildman–Crippen MR) is 76.5 cm³/mol.